The molecule has 1 aliphatic rings. The number of benzene rings is 1. The molecule has 1 aliphatic heterocycles. The van der Waals surface area contributed by atoms with Crippen molar-refractivity contribution in [1.82, 2.24) is 4.90 Å². The maximum atomic E-state index is 11.9. The molecule has 0 bridgehead atoms. The van der Waals surface area contributed by atoms with E-state index in [1.54, 1.807) is 23.1 Å². The fraction of sp³-hybridized carbons (Fsp3) is 0.467. The van der Waals surface area contributed by atoms with Crippen LogP contribution < -0.4 is 5.32 Å². The zero-order chi connectivity index (χ0) is 15.9. The Morgan fingerprint density at radius 2 is 1.86 bits per heavy atom. The first-order valence-corrected chi connectivity index (χ1v) is 7.93. The summed E-state index contributed by atoms with van der Waals surface area (Å²) in [6, 6.07) is 4.96. The molecule has 5 nitrogen and oxygen atoms in total. The predicted octanol–water partition coefficient (Wildman–Crippen LogP) is 2.96. The van der Waals surface area contributed by atoms with Crippen LogP contribution in [-0.4, -0.2) is 43.0 Å². The van der Waals surface area contributed by atoms with Gasteiger partial charge in [-0.3, -0.25) is 9.59 Å². The molecule has 1 aromatic carbocycles. The summed E-state index contributed by atoms with van der Waals surface area (Å²) in [5.41, 5.74) is 0.421. The molecule has 0 aliphatic carbocycles. The van der Waals surface area contributed by atoms with Crippen LogP contribution >= 0.6 is 23.2 Å². The second-order valence-electron chi connectivity index (χ2n) is 5.08. The molecular weight excluding hydrogens is 327 g/mol. The Morgan fingerprint density at radius 3 is 2.59 bits per heavy atom. The van der Waals surface area contributed by atoms with Crippen LogP contribution in [0.2, 0.25) is 10.0 Å². The number of halogens is 2. The van der Waals surface area contributed by atoms with Gasteiger partial charge in [0.05, 0.1) is 15.7 Å². The molecule has 0 saturated carbocycles. The third-order valence-electron chi connectivity index (χ3n) is 3.39. The highest BCUT2D eigenvalue weighted by Crippen LogP contribution is 2.29. The van der Waals surface area contributed by atoms with Crippen LogP contribution in [0.4, 0.5) is 5.69 Å². The lowest BCUT2D eigenvalue weighted by atomic mass is 10.1. The fourth-order valence-corrected chi connectivity index (χ4v) is 2.60. The van der Waals surface area contributed by atoms with E-state index in [0.29, 0.717) is 10.7 Å². The molecule has 1 saturated heterocycles. The van der Waals surface area contributed by atoms with E-state index in [9.17, 15) is 9.59 Å². The van der Waals surface area contributed by atoms with Gasteiger partial charge in [0.15, 0.2) is 0 Å². The second-order valence-corrected chi connectivity index (χ2v) is 5.87. The third-order valence-corrected chi connectivity index (χ3v) is 4.21. The van der Waals surface area contributed by atoms with Crippen molar-refractivity contribution in [2.45, 2.75) is 19.3 Å². The zero-order valence-corrected chi connectivity index (χ0v) is 13.6. The topological polar surface area (TPSA) is 58.6 Å². The zero-order valence-electron chi connectivity index (χ0n) is 12.1. The molecule has 1 fully saturated rings. The van der Waals surface area contributed by atoms with Gasteiger partial charge in [-0.25, -0.2) is 0 Å². The molecule has 1 aromatic rings. The Morgan fingerprint density at radius 1 is 1.14 bits per heavy atom. The predicted molar refractivity (Wildman–Crippen MR) is 86.3 cm³/mol. The highest BCUT2D eigenvalue weighted by molar-refractivity contribution is 6.43. The monoisotopic (exact) mass is 344 g/mol. The highest BCUT2D eigenvalue weighted by Gasteiger charge is 2.17. The van der Waals surface area contributed by atoms with Crippen molar-refractivity contribution in [3.63, 3.8) is 0 Å². The average molecular weight is 345 g/mol. The van der Waals surface area contributed by atoms with Crippen LogP contribution in [0.1, 0.15) is 19.3 Å². The smallest absolute Gasteiger partial charge is 0.250 e. The largest absolute Gasteiger partial charge is 0.362 e. The molecule has 7 heteroatoms. The van der Waals surface area contributed by atoms with E-state index in [1.165, 1.54) is 0 Å². The number of carbonyl (C=O) groups excluding carboxylic acids is 2. The first kappa shape index (κ1) is 17.1. The van der Waals surface area contributed by atoms with Crippen molar-refractivity contribution < 1.29 is 14.3 Å². The number of likely N-dealkylation sites (tertiary alicyclic amines) is 1. The molecule has 1 heterocycles. The number of nitrogens with one attached hydrogen (secondary N) is 1. The molecule has 0 unspecified atom stereocenters. The van der Waals surface area contributed by atoms with E-state index in [4.69, 9.17) is 27.9 Å². The molecule has 22 heavy (non-hydrogen) atoms. The van der Waals surface area contributed by atoms with Crippen molar-refractivity contribution in [1.29, 1.82) is 0 Å². The minimum absolute atomic E-state index is 0.0757. The van der Waals surface area contributed by atoms with E-state index < -0.39 is 0 Å². The van der Waals surface area contributed by atoms with Gasteiger partial charge in [0.1, 0.15) is 13.2 Å². The van der Waals surface area contributed by atoms with Gasteiger partial charge in [0, 0.05) is 13.1 Å². The number of anilines is 1. The number of piperidine rings is 1. The van der Waals surface area contributed by atoms with E-state index >= 15 is 0 Å². The van der Waals surface area contributed by atoms with Gasteiger partial charge in [0.2, 0.25) is 11.8 Å². The van der Waals surface area contributed by atoms with Crippen LogP contribution in [-0.2, 0) is 14.3 Å². The summed E-state index contributed by atoms with van der Waals surface area (Å²) < 4.78 is 5.17. The summed E-state index contributed by atoms with van der Waals surface area (Å²) in [6.45, 7) is 1.25. The first-order valence-electron chi connectivity index (χ1n) is 7.17. The van der Waals surface area contributed by atoms with Gasteiger partial charge in [-0.15, -0.1) is 0 Å². The second kappa shape index (κ2) is 8.36. The SMILES string of the molecule is O=C(COCC(=O)N1CCCCC1)Nc1cccc(Cl)c1Cl. The maximum Gasteiger partial charge on any atom is 0.250 e. The molecular formula is C15H18Cl2N2O3. The quantitative estimate of drug-likeness (QED) is 0.893. The van der Waals surface area contributed by atoms with Gasteiger partial charge in [-0.05, 0) is 31.4 Å². The fourth-order valence-electron chi connectivity index (χ4n) is 2.25. The Kier molecular flexibility index (Phi) is 6.49. The lowest BCUT2D eigenvalue weighted by Crippen LogP contribution is -2.38. The Labute approximate surface area is 139 Å². The number of amides is 2. The van der Waals surface area contributed by atoms with Gasteiger partial charge >= 0.3 is 0 Å². The molecule has 0 aromatic heterocycles. The number of hydrogen-bond donors (Lipinski definition) is 1. The summed E-state index contributed by atoms with van der Waals surface area (Å²) in [7, 11) is 0. The Bertz CT molecular complexity index is 546. The first-order chi connectivity index (χ1) is 10.6. The lowest BCUT2D eigenvalue weighted by molar-refractivity contribution is -0.138. The minimum atomic E-state index is -0.379. The molecule has 0 spiro atoms. The number of carbonyl (C=O) groups is 2. The van der Waals surface area contributed by atoms with Gasteiger partial charge < -0.3 is 15.0 Å². The van der Waals surface area contributed by atoms with Gasteiger partial charge in [-0.1, -0.05) is 29.3 Å². The molecule has 1 N–H and O–H groups in total. The number of hydrogen-bond acceptors (Lipinski definition) is 3. The number of rotatable bonds is 5. The molecule has 2 rings (SSSR count). The number of ether oxygens (including phenoxy) is 1. The molecule has 2 amide bonds. The van der Waals surface area contributed by atoms with Crippen molar-refractivity contribution in [2.75, 3.05) is 31.6 Å². The Balaban J connectivity index is 1.73. The van der Waals surface area contributed by atoms with E-state index in [0.717, 1.165) is 32.4 Å². The van der Waals surface area contributed by atoms with Crippen molar-refractivity contribution >= 4 is 40.7 Å². The summed E-state index contributed by atoms with van der Waals surface area (Å²) >= 11 is 11.8. The van der Waals surface area contributed by atoms with Crippen molar-refractivity contribution in [2.24, 2.45) is 0 Å². The van der Waals surface area contributed by atoms with Crippen LogP contribution in [0.25, 0.3) is 0 Å². The standard InChI is InChI=1S/C15H18Cl2N2O3/c16-11-5-4-6-12(15(11)17)18-13(20)9-22-10-14(21)19-7-2-1-3-8-19/h4-6H,1-3,7-10H2,(H,18,20). The van der Waals surface area contributed by atoms with Gasteiger partial charge in [0.25, 0.3) is 0 Å². The lowest BCUT2D eigenvalue weighted by Gasteiger charge is -2.26. The van der Waals surface area contributed by atoms with Crippen LogP contribution in [0, 0.1) is 0 Å². The summed E-state index contributed by atoms with van der Waals surface area (Å²) in [5, 5.41) is 3.24. The molecule has 120 valence electrons. The van der Waals surface area contributed by atoms with Crippen LogP contribution in [0.5, 0.6) is 0 Å². The molecule has 0 radical (unpaired) electrons. The summed E-state index contributed by atoms with van der Waals surface area (Å²) in [5.74, 6) is -0.455. The van der Waals surface area contributed by atoms with Crippen LogP contribution in [0.15, 0.2) is 18.2 Å². The summed E-state index contributed by atoms with van der Waals surface area (Å²) in [6.07, 6.45) is 3.21. The molecule has 0 atom stereocenters. The maximum absolute atomic E-state index is 11.9. The van der Waals surface area contributed by atoms with Crippen molar-refractivity contribution in [3.8, 4) is 0 Å². The van der Waals surface area contributed by atoms with E-state index in [1.807, 2.05) is 0 Å². The van der Waals surface area contributed by atoms with E-state index in [2.05, 4.69) is 5.32 Å². The van der Waals surface area contributed by atoms with Crippen molar-refractivity contribution in [3.05, 3.63) is 28.2 Å². The summed E-state index contributed by atoms with van der Waals surface area (Å²) in [4.78, 5) is 25.4. The normalized spacial score (nSPS) is 14.7. The Hall–Kier alpha value is -1.30. The average Bonchev–Trinajstić information content (AvgIpc) is 2.52. The van der Waals surface area contributed by atoms with Crippen LogP contribution in [0.3, 0.4) is 0 Å². The van der Waals surface area contributed by atoms with Gasteiger partial charge in [-0.2, -0.15) is 0 Å². The minimum Gasteiger partial charge on any atom is -0.362 e. The third kappa shape index (κ3) is 4.87. The highest BCUT2D eigenvalue weighted by atomic mass is 35.5. The number of nitrogens with zero attached hydrogens (tertiary/aromatic N) is 1. The van der Waals surface area contributed by atoms with E-state index in [-0.39, 0.29) is 30.1 Å².